The lowest BCUT2D eigenvalue weighted by Gasteiger charge is -2.06. The predicted octanol–water partition coefficient (Wildman–Crippen LogP) is 1.56. The first kappa shape index (κ1) is 11.2. The zero-order valence-corrected chi connectivity index (χ0v) is 9.77. The number of nitrogens with two attached hydrogens (primary N) is 1. The lowest BCUT2D eigenvalue weighted by Crippen LogP contribution is -2.15. The number of nitrogens with zero attached hydrogens (tertiary/aromatic N) is 2. The highest BCUT2D eigenvalue weighted by Crippen LogP contribution is 2.13. The Morgan fingerprint density at radius 2 is 2.24 bits per heavy atom. The summed E-state index contributed by atoms with van der Waals surface area (Å²) >= 11 is 0. The second kappa shape index (κ2) is 4.29. The van der Waals surface area contributed by atoms with E-state index in [2.05, 4.69) is 10.3 Å². The number of hydrogen-bond donors (Lipinski definition) is 2. The van der Waals surface area contributed by atoms with Crippen molar-refractivity contribution >= 4 is 17.5 Å². The smallest absolute Gasteiger partial charge is 0.257 e. The van der Waals surface area contributed by atoms with E-state index in [1.54, 1.807) is 35.2 Å². The van der Waals surface area contributed by atoms with Crippen molar-refractivity contribution < 1.29 is 4.79 Å². The molecule has 1 aromatic heterocycles. The molecule has 1 heterocycles. The number of imidazole rings is 1. The van der Waals surface area contributed by atoms with Gasteiger partial charge in [0.1, 0.15) is 0 Å². The highest BCUT2D eigenvalue weighted by Gasteiger charge is 2.09. The molecule has 0 saturated carbocycles. The van der Waals surface area contributed by atoms with Crippen LogP contribution < -0.4 is 11.1 Å². The fourth-order valence-corrected chi connectivity index (χ4v) is 1.48. The summed E-state index contributed by atoms with van der Waals surface area (Å²) < 4.78 is 1.74. The van der Waals surface area contributed by atoms with Crippen LogP contribution in [0.5, 0.6) is 0 Å². The van der Waals surface area contributed by atoms with Gasteiger partial charge >= 0.3 is 0 Å². The Morgan fingerprint density at radius 1 is 1.47 bits per heavy atom. The number of carbonyl (C=O) groups excluding carboxylic acids is 1. The molecule has 0 atom stereocenters. The van der Waals surface area contributed by atoms with Gasteiger partial charge in [0.2, 0.25) is 5.95 Å². The summed E-state index contributed by atoms with van der Waals surface area (Å²) in [6.45, 7) is 1.87. The van der Waals surface area contributed by atoms with Crippen molar-refractivity contribution in [2.45, 2.75) is 6.92 Å². The zero-order chi connectivity index (χ0) is 12.4. The number of rotatable bonds is 2. The van der Waals surface area contributed by atoms with Gasteiger partial charge in [-0.15, -0.1) is 0 Å². The van der Waals surface area contributed by atoms with Crippen LogP contribution in [0.2, 0.25) is 0 Å². The summed E-state index contributed by atoms with van der Waals surface area (Å²) in [6, 6.07) is 5.18. The maximum Gasteiger partial charge on any atom is 0.257 e. The molecule has 0 aliphatic rings. The Bertz CT molecular complexity index is 559. The molecular formula is C12H14N4O. The Morgan fingerprint density at radius 3 is 2.82 bits per heavy atom. The van der Waals surface area contributed by atoms with E-state index in [-0.39, 0.29) is 5.91 Å². The molecule has 0 radical (unpaired) electrons. The van der Waals surface area contributed by atoms with Crippen LogP contribution in [0, 0.1) is 6.92 Å². The second-order valence-electron chi connectivity index (χ2n) is 3.89. The number of carbonyl (C=O) groups is 1. The third-order valence-electron chi connectivity index (χ3n) is 2.58. The minimum Gasteiger partial charge on any atom is -0.399 e. The molecular weight excluding hydrogens is 216 g/mol. The van der Waals surface area contributed by atoms with E-state index in [0.29, 0.717) is 17.2 Å². The molecule has 0 saturated heterocycles. The molecule has 17 heavy (non-hydrogen) atoms. The summed E-state index contributed by atoms with van der Waals surface area (Å²) in [6.07, 6.45) is 3.40. The molecule has 1 aromatic carbocycles. The maximum absolute atomic E-state index is 11.9. The quantitative estimate of drug-likeness (QED) is 0.769. The normalized spacial score (nSPS) is 10.2. The summed E-state index contributed by atoms with van der Waals surface area (Å²) in [5, 5.41) is 2.73. The lowest BCUT2D eigenvalue weighted by atomic mass is 10.1. The molecule has 0 aliphatic carbocycles. The van der Waals surface area contributed by atoms with E-state index in [1.807, 2.05) is 14.0 Å². The fraction of sp³-hybridized carbons (Fsp3) is 0.167. The van der Waals surface area contributed by atoms with Gasteiger partial charge in [-0.2, -0.15) is 0 Å². The van der Waals surface area contributed by atoms with Gasteiger partial charge in [0, 0.05) is 30.7 Å². The number of anilines is 2. The van der Waals surface area contributed by atoms with Crippen molar-refractivity contribution in [2.75, 3.05) is 11.1 Å². The third kappa shape index (κ3) is 2.28. The summed E-state index contributed by atoms with van der Waals surface area (Å²) in [5.74, 6) is 0.326. The van der Waals surface area contributed by atoms with Crippen LogP contribution in [-0.2, 0) is 7.05 Å². The first-order chi connectivity index (χ1) is 8.08. The Hall–Kier alpha value is -2.30. The molecule has 1 amide bonds. The highest BCUT2D eigenvalue weighted by molar-refractivity contribution is 6.03. The molecule has 3 N–H and O–H groups in total. The largest absolute Gasteiger partial charge is 0.399 e. The van der Waals surface area contributed by atoms with Crippen molar-refractivity contribution in [1.29, 1.82) is 0 Å². The molecule has 0 spiro atoms. The highest BCUT2D eigenvalue weighted by atomic mass is 16.1. The van der Waals surface area contributed by atoms with Gasteiger partial charge in [0.15, 0.2) is 0 Å². The molecule has 88 valence electrons. The Balaban J connectivity index is 2.20. The molecule has 0 aliphatic heterocycles. The number of aromatic nitrogens is 2. The molecule has 2 rings (SSSR count). The number of aryl methyl sites for hydroxylation is 2. The summed E-state index contributed by atoms with van der Waals surface area (Å²) in [5.41, 5.74) is 7.84. The van der Waals surface area contributed by atoms with Crippen molar-refractivity contribution in [3.8, 4) is 0 Å². The molecule has 0 bridgehead atoms. The Labute approximate surface area is 99.3 Å². The van der Waals surface area contributed by atoms with Crippen LogP contribution in [0.4, 0.5) is 11.6 Å². The van der Waals surface area contributed by atoms with Gasteiger partial charge in [-0.1, -0.05) is 0 Å². The number of hydrogen-bond acceptors (Lipinski definition) is 3. The number of amides is 1. The fourth-order valence-electron chi connectivity index (χ4n) is 1.48. The molecule has 5 nitrogen and oxygen atoms in total. The van der Waals surface area contributed by atoms with Crippen LogP contribution in [0.25, 0.3) is 0 Å². The van der Waals surface area contributed by atoms with Gasteiger partial charge in [0.05, 0.1) is 0 Å². The second-order valence-corrected chi connectivity index (χ2v) is 3.89. The number of nitrogens with one attached hydrogen (secondary N) is 1. The molecule has 0 unspecified atom stereocenters. The summed E-state index contributed by atoms with van der Waals surface area (Å²) in [7, 11) is 1.82. The van der Waals surface area contributed by atoms with E-state index in [1.165, 1.54) is 0 Å². The minimum absolute atomic E-state index is 0.192. The summed E-state index contributed by atoms with van der Waals surface area (Å²) in [4.78, 5) is 16.0. The number of nitrogen functional groups attached to an aromatic ring is 1. The van der Waals surface area contributed by atoms with Crippen LogP contribution in [0.3, 0.4) is 0 Å². The average Bonchev–Trinajstić information content (AvgIpc) is 2.68. The van der Waals surface area contributed by atoms with E-state index < -0.39 is 0 Å². The first-order valence-corrected chi connectivity index (χ1v) is 5.22. The topological polar surface area (TPSA) is 72.9 Å². The zero-order valence-electron chi connectivity index (χ0n) is 9.77. The standard InChI is InChI=1S/C12H14N4O/c1-8-7-9(3-4-10(8)13)11(17)15-12-14-5-6-16(12)2/h3-7H,13H2,1-2H3,(H,14,15,17). The van der Waals surface area contributed by atoms with E-state index in [4.69, 9.17) is 5.73 Å². The van der Waals surface area contributed by atoms with Crippen LogP contribution in [-0.4, -0.2) is 15.5 Å². The monoisotopic (exact) mass is 230 g/mol. The first-order valence-electron chi connectivity index (χ1n) is 5.22. The van der Waals surface area contributed by atoms with Crippen LogP contribution >= 0.6 is 0 Å². The predicted molar refractivity (Wildman–Crippen MR) is 66.8 cm³/mol. The van der Waals surface area contributed by atoms with Crippen molar-refractivity contribution in [1.82, 2.24) is 9.55 Å². The minimum atomic E-state index is -0.192. The Kier molecular flexibility index (Phi) is 2.82. The van der Waals surface area contributed by atoms with Crippen molar-refractivity contribution in [3.63, 3.8) is 0 Å². The van der Waals surface area contributed by atoms with Crippen molar-refractivity contribution in [2.24, 2.45) is 7.05 Å². The SMILES string of the molecule is Cc1cc(C(=O)Nc2nccn2C)ccc1N. The van der Waals surface area contributed by atoms with Crippen LogP contribution in [0.1, 0.15) is 15.9 Å². The maximum atomic E-state index is 11.9. The average molecular weight is 230 g/mol. The van der Waals surface area contributed by atoms with Gasteiger partial charge in [-0.3, -0.25) is 10.1 Å². The molecule has 2 aromatic rings. The van der Waals surface area contributed by atoms with Gasteiger partial charge in [-0.05, 0) is 30.7 Å². The van der Waals surface area contributed by atoms with Gasteiger partial charge in [-0.25, -0.2) is 4.98 Å². The molecule has 5 heteroatoms. The molecule has 0 fully saturated rings. The van der Waals surface area contributed by atoms with E-state index in [0.717, 1.165) is 5.56 Å². The van der Waals surface area contributed by atoms with Crippen molar-refractivity contribution in [3.05, 3.63) is 41.7 Å². The van der Waals surface area contributed by atoms with E-state index >= 15 is 0 Å². The third-order valence-corrected chi connectivity index (χ3v) is 2.58. The van der Waals surface area contributed by atoms with Gasteiger partial charge in [0.25, 0.3) is 5.91 Å². The van der Waals surface area contributed by atoms with E-state index in [9.17, 15) is 4.79 Å². The van der Waals surface area contributed by atoms with Crippen LogP contribution in [0.15, 0.2) is 30.6 Å². The number of benzene rings is 1. The lowest BCUT2D eigenvalue weighted by molar-refractivity contribution is 0.102. The van der Waals surface area contributed by atoms with Gasteiger partial charge < -0.3 is 10.3 Å².